The normalized spacial score (nSPS) is 23.3. The van der Waals surface area contributed by atoms with E-state index in [-0.39, 0.29) is 0 Å². The first-order valence-electron chi connectivity index (χ1n) is 7.74. The third-order valence-electron chi connectivity index (χ3n) is 4.29. The summed E-state index contributed by atoms with van der Waals surface area (Å²) in [5.41, 5.74) is 2.76. The summed E-state index contributed by atoms with van der Waals surface area (Å²) in [6.45, 7) is 5.44. The Morgan fingerprint density at radius 3 is 2.84 bits per heavy atom. The van der Waals surface area contributed by atoms with Crippen molar-refractivity contribution < 1.29 is 4.74 Å². The molecule has 1 unspecified atom stereocenters. The first-order valence-corrected chi connectivity index (χ1v) is 7.74. The molecule has 1 aromatic rings. The Morgan fingerprint density at radius 1 is 1.21 bits per heavy atom. The van der Waals surface area contributed by atoms with Crippen LogP contribution in [0.5, 0.6) is 5.75 Å². The number of hydrogen-bond donors (Lipinski definition) is 1. The number of hydrogen-bond acceptors (Lipinski definition) is 2. The SMILES string of the molecule is Cc1ccc(OCC2CC2)c(CC2CCCNC2)c1. The van der Waals surface area contributed by atoms with E-state index in [1.165, 1.54) is 43.4 Å². The number of piperidine rings is 1. The summed E-state index contributed by atoms with van der Waals surface area (Å²) >= 11 is 0. The van der Waals surface area contributed by atoms with E-state index in [1.54, 1.807) is 0 Å². The maximum atomic E-state index is 6.04. The lowest BCUT2D eigenvalue weighted by Gasteiger charge is -2.24. The predicted octanol–water partition coefficient (Wildman–Crippen LogP) is 3.33. The molecule has 1 atom stereocenters. The van der Waals surface area contributed by atoms with Crippen LogP contribution in [0.25, 0.3) is 0 Å². The molecule has 3 rings (SSSR count). The molecule has 104 valence electrons. The minimum atomic E-state index is 0.777. The third kappa shape index (κ3) is 3.73. The molecule has 1 saturated heterocycles. The number of aryl methyl sites for hydroxylation is 1. The van der Waals surface area contributed by atoms with E-state index in [9.17, 15) is 0 Å². The van der Waals surface area contributed by atoms with Crippen molar-refractivity contribution in [3.63, 3.8) is 0 Å². The monoisotopic (exact) mass is 259 g/mol. The van der Waals surface area contributed by atoms with E-state index in [2.05, 4.69) is 30.4 Å². The fourth-order valence-corrected chi connectivity index (χ4v) is 2.91. The molecule has 1 aliphatic heterocycles. The van der Waals surface area contributed by atoms with Crippen LogP contribution in [0.15, 0.2) is 18.2 Å². The van der Waals surface area contributed by atoms with Gasteiger partial charge in [-0.15, -0.1) is 0 Å². The Labute approximate surface area is 116 Å². The summed E-state index contributed by atoms with van der Waals surface area (Å²) in [4.78, 5) is 0. The van der Waals surface area contributed by atoms with Gasteiger partial charge in [0.05, 0.1) is 6.61 Å². The van der Waals surface area contributed by atoms with Gasteiger partial charge in [0, 0.05) is 0 Å². The molecule has 0 bridgehead atoms. The fraction of sp³-hybridized carbons (Fsp3) is 0.647. The van der Waals surface area contributed by atoms with E-state index >= 15 is 0 Å². The largest absolute Gasteiger partial charge is 0.493 e. The third-order valence-corrected chi connectivity index (χ3v) is 4.29. The summed E-state index contributed by atoms with van der Waals surface area (Å²) in [5, 5.41) is 3.51. The zero-order valence-electron chi connectivity index (χ0n) is 12.0. The lowest BCUT2D eigenvalue weighted by molar-refractivity contribution is 0.292. The van der Waals surface area contributed by atoms with Gasteiger partial charge in [0.2, 0.25) is 0 Å². The molecule has 1 N–H and O–H groups in total. The van der Waals surface area contributed by atoms with E-state index in [0.717, 1.165) is 37.2 Å². The second kappa shape index (κ2) is 5.96. The fourth-order valence-electron chi connectivity index (χ4n) is 2.91. The molecule has 1 aliphatic carbocycles. The van der Waals surface area contributed by atoms with Gasteiger partial charge in [-0.05, 0) is 75.6 Å². The lowest BCUT2D eigenvalue weighted by atomic mass is 9.91. The molecule has 1 aromatic carbocycles. The Kier molecular flexibility index (Phi) is 4.07. The van der Waals surface area contributed by atoms with Gasteiger partial charge in [-0.2, -0.15) is 0 Å². The van der Waals surface area contributed by atoms with E-state index in [4.69, 9.17) is 4.74 Å². The Balaban J connectivity index is 1.67. The quantitative estimate of drug-likeness (QED) is 0.876. The van der Waals surface area contributed by atoms with Crippen LogP contribution in [0.3, 0.4) is 0 Å². The predicted molar refractivity (Wildman–Crippen MR) is 78.7 cm³/mol. The van der Waals surface area contributed by atoms with Gasteiger partial charge >= 0.3 is 0 Å². The maximum absolute atomic E-state index is 6.04. The highest BCUT2D eigenvalue weighted by Gasteiger charge is 2.23. The summed E-state index contributed by atoms with van der Waals surface area (Å²) in [7, 11) is 0. The number of ether oxygens (including phenoxy) is 1. The van der Waals surface area contributed by atoms with Crippen LogP contribution < -0.4 is 10.1 Å². The van der Waals surface area contributed by atoms with Gasteiger partial charge in [0.1, 0.15) is 5.75 Å². The highest BCUT2D eigenvalue weighted by atomic mass is 16.5. The molecule has 2 nitrogen and oxygen atoms in total. The second-order valence-corrected chi connectivity index (χ2v) is 6.28. The Bertz CT molecular complexity index is 419. The molecule has 0 aromatic heterocycles. The van der Waals surface area contributed by atoms with Gasteiger partial charge < -0.3 is 10.1 Å². The molecule has 0 spiro atoms. The van der Waals surface area contributed by atoms with Crippen molar-refractivity contribution in [1.82, 2.24) is 5.32 Å². The zero-order valence-corrected chi connectivity index (χ0v) is 12.0. The van der Waals surface area contributed by atoms with Gasteiger partial charge in [0.15, 0.2) is 0 Å². The van der Waals surface area contributed by atoms with Crippen molar-refractivity contribution in [2.75, 3.05) is 19.7 Å². The molecule has 2 fully saturated rings. The average Bonchev–Trinajstić information content (AvgIpc) is 3.23. The van der Waals surface area contributed by atoms with Crippen molar-refractivity contribution >= 4 is 0 Å². The number of rotatable bonds is 5. The topological polar surface area (TPSA) is 21.3 Å². The van der Waals surface area contributed by atoms with Gasteiger partial charge in [-0.1, -0.05) is 17.7 Å². The minimum Gasteiger partial charge on any atom is -0.493 e. The van der Waals surface area contributed by atoms with Crippen LogP contribution in [-0.2, 0) is 6.42 Å². The van der Waals surface area contributed by atoms with Crippen molar-refractivity contribution in [2.24, 2.45) is 11.8 Å². The van der Waals surface area contributed by atoms with E-state index in [1.807, 2.05) is 0 Å². The van der Waals surface area contributed by atoms with Crippen LogP contribution in [0.1, 0.15) is 36.8 Å². The molecule has 19 heavy (non-hydrogen) atoms. The molecule has 1 saturated carbocycles. The molecule has 0 radical (unpaired) electrons. The average molecular weight is 259 g/mol. The van der Waals surface area contributed by atoms with Gasteiger partial charge in [0.25, 0.3) is 0 Å². The molecular formula is C17H25NO. The van der Waals surface area contributed by atoms with Gasteiger partial charge in [-0.25, -0.2) is 0 Å². The molecular weight excluding hydrogens is 234 g/mol. The van der Waals surface area contributed by atoms with Gasteiger partial charge in [-0.3, -0.25) is 0 Å². The van der Waals surface area contributed by atoms with Crippen molar-refractivity contribution in [3.8, 4) is 5.75 Å². The Morgan fingerprint density at radius 2 is 2.11 bits per heavy atom. The highest BCUT2D eigenvalue weighted by molar-refractivity contribution is 5.37. The van der Waals surface area contributed by atoms with Crippen molar-refractivity contribution in [2.45, 2.75) is 39.0 Å². The van der Waals surface area contributed by atoms with Crippen LogP contribution in [-0.4, -0.2) is 19.7 Å². The van der Waals surface area contributed by atoms with Crippen molar-refractivity contribution in [3.05, 3.63) is 29.3 Å². The zero-order chi connectivity index (χ0) is 13.1. The van der Waals surface area contributed by atoms with E-state index in [0.29, 0.717) is 0 Å². The highest BCUT2D eigenvalue weighted by Crippen LogP contribution is 2.31. The summed E-state index contributed by atoms with van der Waals surface area (Å²) in [6, 6.07) is 6.66. The minimum absolute atomic E-state index is 0.777. The summed E-state index contributed by atoms with van der Waals surface area (Å²) in [6.07, 6.45) is 6.54. The standard InChI is InChI=1S/C17H25NO/c1-13-4-7-17(19-12-14-5-6-14)16(9-13)10-15-3-2-8-18-11-15/h4,7,9,14-15,18H,2-3,5-6,8,10-12H2,1H3. The van der Waals surface area contributed by atoms with Crippen LogP contribution >= 0.6 is 0 Å². The number of nitrogens with one attached hydrogen (secondary N) is 1. The molecule has 2 heteroatoms. The summed E-state index contributed by atoms with van der Waals surface area (Å²) < 4.78 is 6.04. The smallest absolute Gasteiger partial charge is 0.122 e. The first-order chi connectivity index (χ1) is 9.31. The van der Waals surface area contributed by atoms with Crippen LogP contribution in [0, 0.1) is 18.8 Å². The van der Waals surface area contributed by atoms with Crippen LogP contribution in [0.4, 0.5) is 0 Å². The maximum Gasteiger partial charge on any atom is 0.122 e. The first kappa shape index (κ1) is 13.0. The second-order valence-electron chi connectivity index (χ2n) is 6.28. The molecule has 0 amide bonds. The number of benzene rings is 1. The Hall–Kier alpha value is -1.02. The van der Waals surface area contributed by atoms with Crippen molar-refractivity contribution in [1.29, 1.82) is 0 Å². The van der Waals surface area contributed by atoms with Crippen LogP contribution in [0.2, 0.25) is 0 Å². The lowest BCUT2D eigenvalue weighted by Crippen LogP contribution is -2.30. The molecule has 1 heterocycles. The van der Waals surface area contributed by atoms with E-state index < -0.39 is 0 Å². The molecule has 2 aliphatic rings. The summed E-state index contributed by atoms with van der Waals surface area (Å²) in [5.74, 6) is 2.73.